The Labute approximate surface area is 204 Å². The molecule has 180 valence electrons. The van der Waals surface area contributed by atoms with Crippen molar-refractivity contribution in [3.63, 3.8) is 0 Å². The summed E-state index contributed by atoms with van der Waals surface area (Å²) in [7, 11) is 0. The van der Waals surface area contributed by atoms with Gasteiger partial charge in [0.25, 0.3) is 5.91 Å². The van der Waals surface area contributed by atoms with Crippen LogP contribution in [0.4, 0.5) is 10.2 Å². The highest BCUT2D eigenvalue weighted by Crippen LogP contribution is 2.37. The summed E-state index contributed by atoms with van der Waals surface area (Å²) in [5.74, 6) is 0.265. The average molecular weight is 473 g/mol. The molecule has 1 aromatic carbocycles. The van der Waals surface area contributed by atoms with Crippen molar-refractivity contribution in [1.29, 1.82) is 0 Å². The molecule has 1 fully saturated rings. The second-order valence-corrected chi connectivity index (χ2v) is 9.22. The van der Waals surface area contributed by atoms with E-state index in [0.717, 1.165) is 42.9 Å². The third-order valence-corrected chi connectivity index (χ3v) is 6.61. The first-order valence-electron chi connectivity index (χ1n) is 12.1. The monoisotopic (exact) mass is 472 g/mol. The second-order valence-electron chi connectivity index (χ2n) is 9.22. The minimum Gasteiger partial charge on any atom is -0.349 e. The fourth-order valence-corrected chi connectivity index (χ4v) is 4.79. The molecule has 0 spiro atoms. The fraction of sp³-hybridized carbons (Fsp3) is 0.333. The molecule has 2 atom stereocenters. The first-order valence-corrected chi connectivity index (χ1v) is 12.1. The number of hydrogen-bond donors (Lipinski definition) is 1. The van der Waals surface area contributed by atoms with Gasteiger partial charge in [0.2, 0.25) is 0 Å². The number of nitrogens with zero attached hydrogens (tertiary/aromatic N) is 5. The Balaban J connectivity index is 0.000000313. The lowest BCUT2D eigenvalue weighted by molar-refractivity contribution is 0.0940. The van der Waals surface area contributed by atoms with Crippen LogP contribution in [0.3, 0.4) is 0 Å². The molecule has 6 rings (SSSR count). The number of amides is 1. The van der Waals surface area contributed by atoms with E-state index in [9.17, 15) is 9.18 Å². The molecule has 2 aliphatic rings. The summed E-state index contributed by atoms with van der Waals surface area (Å²) in [6.07, 6.45) is 7.97. The lowest BCUT2D eigenvalue weighted by Gasteiger charge is -2.27. The maximum absolute atomic E-state index is 14.1. The Kier molecular flexibility index (Phi) is 6.44. The van der Waals surface area contributed by atoms with E-state index >= 15 is 0 Å². The number of nitrogens with one attached hydrogen (secondary N) is 1. The Bertz CT molecular complexity index is 1340. The van der Waals surface area contributed by atoms with Gasteiger partial charge < -0.3 is 10.2 Å². The van der Waals surface area contributed by atoms with E-state index in [0.29, 0.717) is 17.6 Å². The van der Waals surface area contributed by atoms with Crippen LogP contribution in [-0.4, -0.2) is 38.1 Å². The zero-order valence-electron chi connectivity index (χ0n) is 20.0. The van der Waals surface area contributed by atoms with Gasteiger partial charge in [-0.2, -0.15) is 5.10 Å². The summed E-state index contributed by atoms with van der Waals surface area (Å²) in [5, 5.41) is 7.27. The van der Waals surface area contributed by atoms with Crippen LogP contribution >= 0.6 is 0 Å². The molecular formula is C27H29FN6O. The molecule has 8 heteroatoms. The molecule has 2 bridgehead atoms. The number of anilines is 1. The molecule has 4 aromatic rings. The lowest BCUT2D eigenvalue weighted by Crippen LogP contribution is -2.33. The van der Waals surface area contributed by atoms with Crippen molar-refractivity contribution in [3.05, 3.63) is 89.3 Å². The molecule has 1 unspecified atom stereocenters. The van der Waals surface area contributed by atoms with Gasteiger partial charge in [-0.3, -0.25) is 9.78 Å². The van der Waals surface area contributed by atoms with E-state index < -0.39 is 0 Å². The number of pyridine rings is 1. The number of aryl methyl sites for hydroxylation is 2. The van der Waals surface area contributed by atoms with E-state index in [1.807, 2.05) is 37.4 Å². The van der Waals surface area contributed by atoms with Gasteiger partial charge in [-0.15, -0.1) is 0 Å². The van der Waals surface area contributed by atoms with Gasteiger partial charge >= 0.3 is 0 Å². The molecule has 1 amide bonds. The molecule has 5 heterocycles. The summed E-state index contributed by atoms with van der Waals surface area (Å²) in [6, 6.07) is 13.7. The molecule has 0 aliphatic carbocycles. The minimum atomic E-state index is -0.322. The largest absolute Gasteiger partial charge is 0.349 e. The van der Waals surface area contributed by atoms with Crippen LogP contribution in [0.25, 0.3) is 5.65 Å². The Morgan fingerprint density at radius 1 is 1.11 bits per heavy atom. The molecule has 35 heavy (non-hydrogen) atoms. The van der Waals surface area contributed by atoms with Crippen molar-refractivity contribution >= 4 is 17.4 Å². The number of carbonyl (C=O) groups is 1. The van der Waals surface area contributed by atoms with Crippen LogP contribution < -0.4 is 10.2 Å². The van der Waals surface area contributed by atoms with Crippen LogP contribution in [0, 0.1) is 12.7 Å². The fourth-order valence-electron chi connectivity index (χ4n) is 4.79. The highest BCUT2D eigenvalue weighted by atomic mass is 19.1. The number of halogens is 1. The van der Waals surface area contributed by atoms with Gasteiger partial charge in [0.05, 0.1) is 18.4 Å². The third kappa shape index (κ3) is 4.87. The maximum Gasteiger partial charge on any atom is 0.256 e. The van der Waals surface area contributed by atoms with Crippen LogP contribution in [0.1, 0.15) is 59.4 Å². The van der Waals surface area contributed by atoms with Crippen molar-refractivity contribution in [3.8, 4) is 0 Å². The van der Waals surface area contributed by atoms with Gasteiger partial charge in [0, 0.05) is 24.5 Å². The van der Waals surface area contributed by atoms with Crippen molar-refractivity contribution in [2.24, 2.45) is 0 Å². The van der Waals surface area contributed by atoms with Gasteiger partial charge in [-0.05, 0) is 57.2 Å². The first kappa shape index (κ1) is 23.0. The van der Waals surface area contributed by atoms with Crippen molar-refractivity contribution in [2.45, 2.75) is 51.6 Å². The van der Waals surface area contributed by atoms with E-state index in [1.54, 1.807) is 16.8 Å². The highest BCUT2D eigenvalue weighted by Gasteiger charge is 2.31. The standard InChI is InChI=1S/C20H21FN6O.C7H8/c1-12-4-5-16-14(9-13(21)10-22-16)17-3-2-7-26(17)18-6-8-27-19(25-18)15(11-23-27)20(28)24-12;1-7-5-3-2-4-6-7/h6,8-12,17H,2-5,7H2,1H3,(H,24,28);2-6H,1H3/t12-,17?;/m1./s1. The number of aromatic nitrogens is 4. The SMILES string of the molecule is C[C@@H]1CCc2ncc(F)cc2C2CCCN2c2ccn3ncc(c3n2)C(=O)N1.Cc1ccccc1. The van der Waals surface area contributed by atoms with Crippen molar-refractivity contribution < 1.29 is 9.18 Å². The van der Waals surface area contributed by atoms with E-state index in [2.05, 4.69) is 39.4 Å². The Morgan fingerprint density at radius 2 is 1.94 bits per heavy atom. The predicted octanol–water partition coefficient (Wildman–Crippen LogP) is 4.66. The molecule has 7 nitrogen and oxygen atoms in total. The number of benzene rings is 1. The minimum absolute atomic E-state index is 0.0271. The Hall–Kier alpha value is -3.81. The predicted molar refractivity (Wildman–Crippen MR) is 133 cm³/mol. The van der Waals surface area contributed by atoms with E-state index in [1.165, 1.54) is 11.8 Å². The quantitative estimate of drug-likeness (QED) is 0.403. The van der Waals surface area contributed by atoms with E-state index in [-0.39, 0.29) is 23.8 Å². The molecule has 2 aliphatic heterocycles. The van der Waals surface area contributed by atoms with Crippen LogP contribution in [-0.2, 0) is 6.42 Å². The van der Waals surface area contributed by atoms with E-state index in [4.69, 9.17) is 4.98 Å². The maximum atomic E-state index is 14.1. The number of rotatable bonds is 0. The topological polar surface area (TPSA) is 75.4 Å². The summed E-state index contributed by atoms with van der Waals surface area (Å²) in [6.45, 7) is 4.88. The van der Waals surface area contributed by atoms with Crippen molar-refractivity contribution in [1.82, 2.24) is 24.9 Å². The number of fused-ring (bicyclic) bond motifs is 5. The zero-order valence-corrected chi connectivity index (χ0v) is 20.0. The molecule has 1 N–H and O–H groups in total. The van der Waals surface area contributed by atoms with Crippen LogP contribution in [0.2, 0.25) is 0 Å². The third-order valence-electron chi connectivity index (χ3n) is 6.61. The number of carbonyl (C=O) groups excluding carboxylic acids is 1. The first-order chi connectivity index (χ1) is 17.0. The highest BCUT2D eigenvalue weighted by molar-refractivity contribution is 5.99. The summed E-state index contributed by atoms with van der Waals surface area (Å²) < 4.78 is 15.7. The summed E-state index contributed by atoms with van der Waals surface area (Å²) in [4.78, 5) is 24.1. The molecule has 3 aromatic heterocycles. The van der Waals surface area contributed by atoms with Gasteiger partial charge in [-0.1, -0.05) is 35.9 Å². The van der Waals surface area contributed by atoms with Crippen molar-refractivity contribution in [2.75, 3.05) is 11.4 Å². The Morgan fingerprint density at radius 3 is 2.71 bits per heavy atom. The van der Waals surface area contributed by atoms with Gasteiger partial charge in [0.15, 0.2) is 5.65 Å². The summed E-state index contributed by atoms with van der Waals surface area (Å²) >= 11 is 0. The smallest absolute Gasteiger partial charge is 0.256 e. The van der Waals surface area contributed by atoms with Gasteiger partial charge in [-0.25, -0.2) is 13.9 Å². The second kappa shape index (κ2) is 9.82. The van der Waals surface area contributed by atoms with Gasteiger partial charge in [0.1, 0.15) is 17.2 Å². The molecule has 1 saturated heterocycles. The number of hydrogen-bond acceptors (Lipinski definition) is 5. The molecule has 0 saturated carbocycles. The molecular weight excluding hydrogens is 443 g/mol. The normalized spacial score (nSPS) is 19.5. The molecule has 0 radical (unpaired) electrons. The van der Waals surface area contributed by atoms with Crippen LogP contribution in [0.15, 0.2) is 61.1 Å². The lowest BCUT2D eigenvalue weighted by atomic mass is 9.98. The van der Waals surface area contributed by atoms with Crippen LogP contribution in [0.5, 0.6) is 0 Å². The average Bonchev–Trinajstić information content (AvgIpc) is 3.50. The zero-order chi connectivity index (χ0) is 24.4. The summed E-state index contributed by atoms with van der Waals surface area (Å²) in [5.41, 5.74) is 4.13.